The molecule has 0 aliphatic rings. The highest BCUT2D eigenvalue weighted by Gasteiger charge is 2.16. The first-order valence-electron chi connectivity index (χ1n) is 4.60. The third-order valence-electron chi connectivity index (χ3n) is 2.15. The van der Waals surface area contributed by atoms with E-state index < -0.39 is 12.0 Å². The summed E-state index contributed by atoms with van der Waals surface area (Å²) in [6.07, 6.45) is 0.104. The van der Waals surface area contributed by atoms with Gasteiger partial charge in [0.15, 0.2) is 11.5 Å². The van der Waals surface area contributed by atoms with Gasteiger partial charge in [-0.15, -0.1) is 0 Å². The normalized spacial score (nSPS) is 12.4. The van der Waals surface area contributed by atoms with Crippen LogP contribution in [0.5, 0.6) is 11.5 Å². The Morgan fingerprint density at radius 2 is 2.06 bits per heavy atom. The van der Waals surface area contributed by atoms with Gasteiger partial charge in [-0.3, -0.25) is 4.79 Å². The van der Waals surface area contributed by atoms with Gasteiger partial charge in [-0.2, -0.15) is 0 Å². The summed E-state index contributed by atoms with van der Waals surface area (Å²) in [4.78, 5) is 10.4. The van der Waals surface area contributed by atoms with Gasteiger partial charge in [0.1, 0.15) is 0 Å². The lowest BCUT2D eigenvalue weighted by Crippen LogP contribution is -2.12. The summed E-state index contributed by atoms with van der Waals surface area (Å²) in [5.74, 6) is -1.54. The molecule has 0 spiro atoms. The van der Waals surface area contributed by atoms with Crippen LogP contribution in [-0.4, -0.2) is 21.3 Å². The smallest absolute Gasteiger partial charge is 0.303 e. The number of hydrogen-bond donors (Lipinski definition) is 4. The van der Waals surface area contributed by atoms with Gasteiger partial charge in [0.25, 0.3) is 0 Å². The van der Waals surface area contributed by atoms with Crippen LogP contribution in [0.15, 0.2) is 16.6 Å². The van der Waals surface area contributed by atoms with Crippen molar-refractivity contribution in [3.8, 4) is 11.5 Å². The molecule has 0 bridgehead atoms. The van der Waals surface area contributed by atoms with E-state index in [-0.39, 0.29) is 24.3 Å². The molecule has 0 heterocycles. The number of carbonyl (C=O) groups is 1. The van der Waals surface area contributed by atoms with Gasteiger partial charge in [0.05, 0.1) is 0 Å². The second-order valence-corrected chi connectivity index (χ2v) is 4.32. The van der Waals surface area contributed by atoms with Crippen LogP contribution in [0.2, 0.25) is 0 Å². The van der Waals surface area contributed by atoms with Crippen molar-refractivity contribution in [2.45, 2.75) is 18.9 Å². The maximum atomic E-state index is 10.4. The molecule has 0 saturated heterocycles. The second-order valence-electron chi connectivity index (χ2n) is 3.40. The maximum Gasteiger partial charge on any atom is 0.303 e. The summed E-state index contributed by atoms with van der Waals surface area (Å²) in [5, 5.41) is 27.4. The monoisotopic (exact) mass is 289 g/mol. The van der Waals surface area contributed by atoms with Crippen LogP contribution in [-0.2, 0) is 4.79 Å². The standard InChI is InChI=1S/C10H12BrNO4/c11-5-3-6(10(16)8(13)4-5)7(12)1-2-9(14)15/h3-4,7,13,16H,1-2,12H2,(H,14,15). The number of benzene rings is 1. The number of hydrogen-bond acceptors (Lipinski definition) is 4. The van der Waals surface area contributed by atoms with Crippen molar-refractivity contribution in [3.05, 3.63) is 22.2 Å². The minimum atomic E-state index is -0.950. The Kier molecular flexibility index (Phi) is 4.14. The summed E-state index contributed by atoms with van der Waals surface area (Å²) in [5.41, 5.74) is 6.05. The Morgan fingerprint density at radius 1 is 1.44 bits per heavy atom. The van der Waals surface area contributed by atoms with Crippen LogP contribution in [0.3, 0.4) is 0 Å². The van der Waals surface area contributed by atoms with E-state index in [1.807, 2.05) is 0 Å². The predicted molar refractivity (Wildman–Crippen MR) is 61.3 cm³/mol. The van der Waals surface area contributed by atoms with Crippen molar-refractivity contribution in [2.75, 3.05) is 0 Å². The highest BCUT2D eigenvalue weighted by molar-refractivity contribution is 9.10. The Bertz CT molecular complexity index is 408. The number of carboxylic acid groups (broad SMARTS) is 1. The molecule has 1 aromatic rings. The fourth-order valence-corrected chi connectivity index (χ4v) is 1.79. The summed E-state index contributed by atoms with van der Waals surface area (Å²) in [6, 6.07) is 2.27. The molecule has 0 fully saturated rings. The zero-order valence-electron chi connectivity index (χ0n) is 8.35. The zero-order chi connectivity index (χ0) is 12.3. The molecular weight excluding hydrogens is 278 g/mol. The molecule has 1 rings (SSSR count). The molecular formula is C10H12BrNO4. The van der Waals surface area contributed by atoms with Gasteiger partial charge in [0.2, 0.25) is 0 Å². The van der Waals surface area contributed by atoms with E-state index in [1.54, 1.807) is 6.07 Å². The molecule has 88 valence electrons. The average molecular weight is 290 g/mol. The largest absolute Gasteiger partial charge is 0.504 e. The summed E-state index contributed by atoms with van der Waals surface area (Å²) < 4.78 is 0.573. The number of aliphatic carboxylic acids is 1. The molecule has 1 unspecified atom stereocenters. The zero-order valence-corrected chi connectivity index (χ0v) is 9.94. The summed E-state index contributed by atoms with van der Waals surface area (Å²) in [7, 11) is 0. The number of carboxylic acids is 1. The summed E-state index contributed by atoms with van der Waals surface area (Å²) >= 11 is 3.15. The van der Waals surface area contributed by atoms with Crippen molar-refractivity contribution >= 4 is 21.9 Å². The van der Waals surface area contributed by atoms with Crippen molar-refractivity contribution in [2.24, 2.45) is 5.73 Å². The Morgan fingerprint density at radius 3 is 2.62 bits per heavy atom. The molecule has 0 aromatic heterocycles. The molecule has 1 aromatic carbocycles. The van der Waals surface area contributed by atoms with Crippen LogP contribution < -0.4 is 5.73 Å². The lowest BCUT2D eigenvalue weighted by molar-refractivity contribution is -0.137. The van der Waals surface area contributed by atoms with Crippen LogP contribution >= 0.6 is 15.9 Å². The third-order valence-corrected chi connectivity index (χ3v) is 2.61. The molecule has 0 aliphatic carbocycles. The topological polar surface area (TPSA) is 104 Å². The number of phenolic OH excluding ortho intramolecular Hbond substituents is 2. The Balaban J connectivity index is 2.90. The van der Waals surface area contributed by atoms with E-state index in [9.17, 15) is 15.0 Å². The van der Waals surface area contributed by atoms with Gasteiger partial charge < -0.3 is 21.1 Å². The number of phenols is 2. The lowest BCUT2D eigenvalue weighted by Gasteiger charge is -2.13. The van der Waals surface area contributed by atoms with Gasteiger partial charge in [-0.05, 0) is 18.6 Å². The first-order chi connectivity index (χ1) is 7.41. The van der Waals surface area contributed by atoms with Crippen LogP contribution in [0.1, 0.15) is 24.4 Å². The highest BCUT2D eigenvalue weighted by atomic mass is 79.9. The van der Waals surface area contributed by atoms with Crippen LogP contribution in [0.25, 0.3) is 0 Å². The van der Waals surface area contributed by atoms with Gasteiger partial charge in [-0.1, -0.05) is 15.9 Å². The first-order valence-corrected chi connectivity index (χ1v) is 5.40. The summed E-state index contributed by atoms with van der Waals surface area (Å²) in [6.45, 7) is 0. The van der Waals surface area contributed by atoms with E-state index in [2.05, 4.69) is 15.9 Å². The van der Waals surface area contributed by atoms with Crippen molar-refractivity contribution < 1.29 is 20.1 Å². The van der Waals surface area contributed by atoms with Crippen LogP contribution in [0, 0.1) is 0 Å². The molecule has 0 aliphatic heterocycles. The highest BCUT2D eigenvalue weighted by Crippen LogP contribution is 2.36. The lowest BCUT2D eigenvalue weighted by atomic mass is 10.0. The van der Waals surface area contributed by atoms with Gasteiger partial charge >= 0.3 is 5.97 Å². The van der Waals surface area contributed by atoms with Crippen LogP contribution in [0.4, 0.5) is 0 Å². The molecule has 5 N–H and O–H groups in total. The molecule has 0 radical (unpaired) electrons. The molecule has 0 amide bonds. The van der Waals surface area contributed by atoms with Gasteiger partial charge in [-0.25, -0.2) is 0 Å². The minimum Gasteiger partial charge on any atom is -0.504 e. The fraction of sp³-hybridized carbons (Fsp3) is 0.300. The first kappa shape index (κ1) is 12.8. The Labute approximate surface area is 101 Å². The van der Waals surface area contributed by atoms with Crippen molar-refractivity contribution in [1.82, 2.24) is 0 Å². The molecule has 16 heavy (non-hydrogen) atoms. The van der Waals surface area contributed by atoms with E-state index >= 15 is 0 Å². The van der Waals surface area contributed by atoms with Crippen molar-refractivity contribution in [1.29, 1.82) is 0 Å². The number of rotatable bonds is 4. The van der Waals surface area contributed by atoms with Gasteiger partial charge in [0, 0.05) is 22.5 Å². The number of halogens is 1. The number of aromatic hydroxyl groups is 2. The minimum absolute atomic E-state index is 0.0894. The Hall–Kier alpha value is -1.27. The predicted octanol–water partition coefficient (Wildman–Crippen LogP) is 1.72. The van der Waals surface area contributed by atoms with E-state index in [1.165, 1.54) is 6.07 Å². The second kappa shape index (κ2) is 5.18. The van der Waals surface area contributed by atoms with E-state index in [4.69, 9.17) is 10.8 Å². The quantitative estimate of drug-likeness (QED) is 0.632. The molecule has 6 heteroatoms. The molecule has 1 atom stereocenters. The third kappa shape index (κ3) is 3.11. The fourth-order valence-electron chi connectivity index (χ4n) is 1.32. The van der Waals surface area contributed by atoms with E-state index in [0.717, 1.165) is 0 Å². The average Bonchev–Trinajstić information content (AvgIpc) is 2.19. The number of nitrogens with two attached hydrogens (primary N) is 1. The molecule has 0 saturated carbocycles. The SMILES string of the molecule is NC(CCC(=O)O)c1cc(Br)cc(O)c1O. The maximum absolute atomic E-state index is 10.4. The molecule has 5 nitrogen and oxygen atoms in total. The van der Waals surface area contributed by atoms with Crippen molar-refractivity contribution in [3.63, 3.8) is 0 Å². The van der Waals surface area contributed by atoms with E-state index in [0.29, 0.717) is 10.0 Å².